The van der Waals surface area contributed by atoms with E-state index in [2.05, 4.69) is 36.4 Å². The van der Waals surface area contributed by atoms with Crippen LogP contribution in [-0.2, 0) is 21.4 Å². The van der Waals surface area contributed by atoms with Crippen LogP contribution in [0.2, 0.25) is 10.0 Å². The first kappa shape index (κ1) is 37.6. The summed E-state index contributed by atoms with van der Waals surface area (Å²) in [5, 5.41) is 1.19. The molecule has 3 heterocycles. The molecule has 51 heavy (non-hydrogen) atoms. The number of carbonyl (C=O) groups excluding carboxylic acids is 1. The number of sulfonamides is 1. The Morgan fingerprint density at radius 2 is 1.69 bits per heavy atom. The number of pyridine rings is 1. The van der Waals surface area contributed by atoms with Crippen molar-refractivity contribution >= 4 is 56.0 Å². The number of nitrogens with one attached hydrogen (secondary N) is 1. The van der Waals surface area contributed by atoms with Gasteiger partial charge in [0, 0.05) is 80.6 Å². The molecule has 2 saturated heterocycles. The highest BCUT2D eigenvalue weighted by atomic mass is 35.5. The smallest absolute Gasteiger partial charge is 0.243 e. The molecule has 6 rings (SSSR count). The van der Waals surface area contributed by atoms with E-state index in [0.717, 1.165) is 62.2 Å². The van der Waals surface area contributed by atoms with Crippen LogP contribution in [0, 0.1) is 13.8 Å². The Hall–Kier alpha value is -3.20. The minimum atomic E-state index is -4.23. The third kappa shape index (κ3) is 8.39. The fraction of sp³-hybridized carbons (Fsp3) is 0.528. The number of nitrogens with zero attached hydrogens (tertiary/aromatic N) is 6. The SMILES string of the molecule is Cc1cc(C)c2cccc(OCc3c(Cl)ccc(S(=O)(=O)NC4(C(=O)N5CCN(CCN=C(N)N6CCN(C)CC6)CC5)CCCC4)c3Cl)c2n1. The molecule has 276 valence electrons. The van der Waals surface area contributed by atoms with E-state index < -0.39 is 15.6 Å². The summed E-state index contributed by atoms with van der Waals surface area (Å²) in [4.78, 5) is 31.7. The van der Waals surface area contributed by atoms with Crippen molar-refractivity contribution in [2.75, 3.05) is 72.5 Å². The van der Waals surface area contributed by atoms with Crippen molar-refractivity contribution in [1.29, 1.82) is 0 Å². The summed E-state index contributed by atoms with van der Waals surface area (Å²) in [5.74, 6) is 0.930. The second kappa shape index (κ2) is 15.8. The number of benzene rings is 2. The van der Waals surface area contributed by atoms with Crippen LogP contribution in [0.1, 0.15) is 42.5 Å². The number of piperazine rings is 2. The highest BCUT2D eigenvalue weighted by molar-refractivity contribution is 7.89. The number of fused-ring (bicyclic) bond motifs is 1. The number of nitrogens with two attached hydrogens (primary N) is 1. The molecule has 2 aliphatic heterocycles. The van der Waals surface area contributed by atoms with Crippen molar-refractivity contribution in [3.05, 3.63) is 63.3 Å². The zero-order chi connectivity index (χ0) is 36.3. The number of amides is 1. The van der Waals surface area contributed by atoms with Crippen molar-refractivity contribution < 1.29 is 17.9 Å². The Balaban J connectivity index is 1.11. The summed E-state index contributed by atoms with van der Waals surface area (Å²) in [6, 6.07) is 10.6. The zero-order valence-electron chi connectivity index (χ0n) is 29.6. The highest BCUT2D eigenvalue weighted by Gasteiger charge is 2.47. The number of hydrogen-bond donors (Lipinski definition) is 2. The molecule has 1 saturated carbocycles. The molecule has 1 aliphatic carbocycles. The summed E-state index contributed by atoms with van der Waals surface area (Å²) in [6.45, 7) is 11.2. The molecule has 0 atom stereocenters. The van der Waals surface area contributed by atoms with Crippen molar-refractivity contribution in [2.45, 2.75) is 56.6 Å². The summed E-state index contributed by atoms with van der Waals surface area (Å²) in [7, 11) is -2.12. The number of carbonyl (C=O) groups is 1. The van der Waals surface area contributed by atoms with Crippen LogP contribution in [0.25, 0.3) is 10.9 Å². The predicted molar refractivity (Wildman–Crippen MR) is 202 cm³/mol. The van der Waals surface area contributed by atoms with E-state index in [9.17, 15) is 13.2 Å². The van der Waals surface area contributed by atoms with Crippen LogP contribution in [0.4, 0.5) is 0 Å². The number of ether oxygens (including phenoxy) is 1. The fourth-order valence-electron chi connectivity index (χ4n) is 7.31. The lowest BCUT2D eigenvalue weighted by atomic mass is 9.96. The lowest BCUT2D eigenvalue weighted by Crippen LogP contribution is -2.61. The monoisotopic (exact) mass is 758 g/mol. The number of aryl methyl sites for hydroxylation is 2. The Morgan fingerprint density at radius 1 is 1.00 bits per heavy atom. The number of guanidine groups is 1. The largest absolute Gasteiger partial charge is 0.487 e. The quantitative estimate of drug-likeness (QED) is 0.232. The minimum absolute atomic E-state index is 0.0410. The Morgan fingerprint density at radius 3 is 2.39 bits per heavy atom. The van der Waals surface area contributed by atoms with Gasteiger partial charge in [0.15, 0.2) is 5.96 Å². The molecular formula is C36H48Cl2N8O4S. The van der Waals surface area contributed by atoms with Crippen LogP contribution in [0.5, 0.6) is 5.75 Å². The Bertz CT molecular complexity index is 1890. The van der Waals surface area contributed by atoms with Gasteiger partial charge in [0.05, 0.1) is 11.6 Å². The Kier molecular flexibility index (Phi) is 11.6. The zero-order valence-corrected chi connectivity index (χ0v) is 32.0. The summed E-state index contributed by atoms with van der Waals surface area (Å²) >= 11 is 13.4. The third-order valence-corrected chi connectivity index (χ3v) is 12.8. The normalized spacial score (nSPS) is 19.2. The molecule has 0 unspecified atom stereocenters. The van der Waals surface area contributed by atoms with Crippen LogP contribution in [-0.4, -0.2) is 123 Å². The van der Waals surface area contributed by atoms with Gasteiger partial charge in [-0.1, -0.05) is 48.2 Å². The van der Waals surface area contributed by atoms with Crippen LogP contribution >= 0.6 is 23.2 Å². The number of likely N-dealkylation sites (N-methyl/N-ethyl adjacent to an activating group) is 1. The van der Waals surface area contributed by atoms with Gasteiger partial charge >= 0.3 is 0 Å². The topological polar surface area (TPSA) is 137 Å². The maximum Gasteiger partial charge on any atom is 0.243 e. The van der Waals surface area contributed by atoms with Gasteiger partial charge in [-0.2, -0.15) is 4.72 Å². The van der Waals surface area contributed by atoms with Crippen molar-refractivity contribution in [3.8, 4) is 5.75 Å². The van der Waals surface area contributed by atoms with E-state index in [0.29, 0.717) is 68.4 Å². The third-order valence-electron chi connectivity index (χ3n) is 10.3. The average molecular weight is 760 g/mol. The van der Waals surface area contributed by atoms with Gasteiger partial charge < -0.3 is 25.2 Å². The molecule has 3 N–H and O–H groups in total. The standard InChI is InChI=1S/C36H48Cl2N8O4S/c1-25-23-26(2)41-33-27(25)7-6-8-30(33)50-24-28-29(37)9-10-31(32(28)38)51(48,49)42-36(11-4-5-12-36)34(47)45-21-17-44(18-22-45)14-13-40-35(39)46-19-15-43(3)16-20-46/h6-10,23,42H,4-5,11-22,24H2,1-3H3,(H2,39,40). The first-order valence-corrected chi connectivity index (χ1v) is 19.9. The summed E-state index contributed by atoms with van der Waals surface area (Å²) in [6.07, 6.45) is 2.32. The van der Waals surface area contributed by atoms with Gasteiger partial charge in [-0.15, -0.1) is 0 Å². The van der Waals surface area contributed by atoms with Gasteiger partial charge in [-0.25, -0.2) is 13.4 Å². The van der Waals surface area contributed by atoms with E-state index >= 15 is 0 Å². The number of rotatable bonds is 10. The number of aliphatic imine (C=N–C) groups is 1. The molecule has 1 aromatic heterocycles. The van der Waals surface area contributed by atoms with E-state index in [1.807, 2.05) is 38.1 Å². The molecule has 0 spiro atoms. The minimum Gasteiger partial charge on any atom is -0.487 e. The van der Waals surface area contributed by atoms with Crippen molar-refractivity contribution in [1.82, 2.24) is 29.3 Å². The van der Waals surface area contributed by atoms with E-state index in [1.165, 1.54) is 12.1 Å². The van der Waals surface area contributed by atoms with Crippen LogP contribution < -0.4 is 15.2 Å². The van der Waals surface area contributed by atoms with Gasteiger partial charge in [0.1, 0.15) is 28.3 Å². The first-order chi connectivity index (χ1) is 24.4. The Labute approximate surface area is 311 Å². The molecule has 2 aromatic carbocycles. The predicted octanol–water partition coefficient (Wildman–Crippen LogP) is 4.03. The van der Waals surface area contributed by atoms with Gasteiger partial charge in [-0.05, 0) is 63.6 Å². The van der Waals surface area contributed by atoms with E-state index in [1.54, 1.807) is 4.90 Å². The highest BCUT2D eigenvalue weighted by Crippen LogP contribution is 2.37. The second-order valence-corrected chi connectivity index (χ2v) is 16.4. The molecule has 15 heteroatoms. The molecule has 0 bridgehead atoms. The van der Waals surface area contributed by atoms with Gasteiger partial charge in [-0.3, -0.25) is 14.7 Å². The lowest BCUT2D eigenvalue weighted by Gasteiger charge is -2.40. The summed E-state index contributed by atoms with van der Waals surface area (Å²) in [5.41, 5.74) is 7.97. The molecule has 3 aromatic rings. The average Bonchev–Trinajstić information content (AvgIpc) is 3.57. The number of para-hydroxylation sites is 1. The molecule has 12 nitrogen and oxygen atoms in total. The lowest BCUT2D eigenvalue weighted by molar-refractivity contribution is -0.139. The number of aromatic nitrogens is 1. The number of halogens is 2. The molecule has 3 fully saturated rings. The molecular weight excluding hydrogens is 711 g/mol. The van der Waals surface area contributed by atoms with E-state index in [-0.39, 0.29) is 27.5 Å². The van der Waals surface area contributed by atoms with E-state index in [4.69, 9.17) is 33.7 Å². The fourth-order valence-corrected chi connectivity index (χ4v) is 9.61. The molecule has 0 radical (unpaired) electrons. The van der Waals surface area contributed by atoms with Crippen molar-refractivity contribution in [3.63, 3.8) is 0 Å². The molecule has 1 amide bonds. The van der Waals surface area contributed by atoms with Crippen LogP contribution in [0.3, 0.4) is 0 Å². The van der Waals surface area contributed by atoms with Crippen molar-refractivity contribution in [2.24, 2.45) is 10.7 Å². The maximum absolute atomic E-state index is 14.1. The van der Waals surface area contributed by atoms with Gasteiger partial charge in [0.25, 0.3) is 0 Å². The van der Waals surface area contributed by atoms with Crippen LogP contribution in [0.15, 0.2) is 46.3 Å². The first-order valence-electron chi connectivity index (χ1n) is 17.6. The summed E-state index contributed by atoms with van der Waals surface area (Å²) < 4.78 is 37.1. The van der Waals surface area contributed by atoms with Gasteiger partial charge in [0.2, 0.25) is 15.9 Å². The maximum atomic E-state index is 14.1. The number of hydrogen-bond acceptors (Lipinski definition) is 8. The second-order valence-electron chi connectivity index (χ2n) is 13.9. The molecule has 3 aliphatic rings.